The first-order valence-corrected chi connectivity index (χ1v) is 9.08. The van der Waals surface area contributed by atoms with Gasteiger partial charge >= 0.3 is 5.97 Å². The Morgan fingerprint density at radius 2 is 1.96 bits per heavy atom. The summed E-state index contributed by atoms with van der Waals surface area (Å²) in [6, 6.07) is 5.75. The fourth-order valence-corrected chi connectivity index (χ4v) is 3.98. The lowest BCUT2D eigenvalue weighted by molar-refractivity contribution is -0.384. The zero-order valence-corrected chi connectivity index (χ0v) is 15.7. The molecule has 0 saturated heterocycles. The normalized spacial score (nSPS) is 26.4. The van der Waals surface area contributed by atoms with Gasteiger partial charge in [-0.2, -0.15) is 0 Å². The number of rotatable bonds is 6. The van der Waals surface area contributed by atoms with Crippen molar-refractivity contribution in [3.63, 3.8) is 0 Å². The fourth-order valence-electron chi connectivity index (χ4n) is 3.98. The van der Waals surface area contributed by atoms with E-state index in [-0.39, 0.29) is 30.7 Å². The van der Waals surface area contributed by atoms with Gasteiger partial charge in [-0.25, -0.2) is 0 Å². The first-order chi connectivity index (χ1) is 13.4. The van der Waals surface area contributed by atoms with Crippen molar-refractivity contribution in [1.82, 2.24) is 0 Å². The van der Waals surface area contributed by atoms with Gasteiger partial charge in [-0.15, -0.1) is 0 Å². The molecule has 8 heteroatoms. The lowest BCUT2D eigenvalue weighted by Crippen LogP contribution is -2.46. The summed E-state index contributed by atoms with van der Waals surface area (Å²) in [6.07, 6.45) is 3.94. The van der Waals surface area contributed by atoms with Crippen molar-refractivity contribution in [3.8, 4) is 0 Å². The minimum atomic E-state index is -0.727. The third kappa shape index (κ3) is 3.87. The summed E-state index contributed by atoms with van der Waals surface area (Å²) in [5.41, 5.74) is 1.25. The number of aliphatic imine (C=N–C) groups is 1. The van der Waals surface area contributed by atoms with Crippen LogP contribution in [0.1, 0.15) is 24.8 Å². The monoisotopic (exact) mass is 386 g/mol. The number of benzene rings is 1. The Morgan fingerprint density at radius 1 is 1.25 bits per heavy atom. The van der Waals surface area contributed by atoms with E-state index in [0.717, 1.165) is 0 Å². The second-order valence-corrected chi connectivity index (χ2v) is 6.92. The number of methoxy groups -OCH3 is 1. The number of nitro groups is 1. The maximum atomic E-state index is 12.8. The van der Waals surface area contributed by atoms with Crippen LogP contribution in [0.25, 0.3) is 0 Å². The lowest BCUT2D eigenvalue weighted by atomic mass is 9.66. The number of esters is 1. The molecule has 0 aromatic heterocycles. The molecule has 1 aliphatic carbocycles. The summed E-state index contributed by atoms with van der Waals surface area (Å²) in [5.74, 6) is -2.28. The van der Waals surface area contributed by atoms with Crippen molar-refractivity contribution < 1.29 is 24.0 Å². The Labute approximate surface area is 162 Å². The standard InChI is InChI=1S/C20H22N2O6/c1-12-17(20(24)28-11-10-27-2)18(13-6-8-14(9-7-13)22(25)26)19-15(21-12)4-3-5-16(19)23/h3,5-9,15,17-19H,4,10-11H2,1-2H3/t15-,17?,18+,19+/m0/s1. The molecule has 0 radical (unpaired) electrons. The highest BCUT2D eigenvalue weighted by Crippen LogP contribution is 2.43. The highest BCUT2D eigenvalue weighted by atomic mass is 16.6. The van der Waals surface area contributed by atoms with Crippen LogP contribution < -0.4 is 0 Å². The van der Waals surface area contributed by atoms with E-state index in [2.05, 4.69) is 4.99 Å². The molecule has 1 heterocycles. The molecule has 1 unspecified atom stereocenters. The van der Waals surface area contributed by atoms with E-state index in [9.17, 15) is 19.7 Å². The van der Waals surface area contributed by atoms with Crippen molar-refractivity contribution in [2.24, 2.45) is 16.8 Å². The van der Waals surface area contributed by atoms with Crippen molar-refractivity contribution >= 4 is 23.2 Å². The van der Waals surface area contributed by atoms with Gasteiger partial charge in [-0.1, -0.05) is 18.2 Å². The number of non-ortho nitro benzene ring substituents is 1. The molecule has 0 saturated carbocycles. The van der Waals surface area contributed by atoms with Gasteiger partial charge in [0, 0.05) is 30.9 Å². The van der Waals surface area contributed by atoms with Crippen molar-refractivity contribution in [1.29, 1.82) is 0 Å². The number of nitrogens with zero attached hydrogens (tertiary/aromatic N) is 2. The van der Waals surface area contributed by atoms with Crippen LogP contribution in [0.4, 0.5) is 5.69 Å². The number of allylic oxidation sites excluding steroid dienone is 1. The molecular formula is C20H22N2O6. The summed E-state index contributed by atoms with van der Waals surface area (Å²) in [4.78, 5) is 40.6. The Balaban J connectivity index is 2.01. The largest absolute Gasteiger partial charge is 0.463 e. The first-order valence-electron chi connectivity index (χ1n) is 9.08. The SMILES string of the molecule is COCCOC(=O)C1C(C)=N[C@H]2CC=CC(=O)[C@@H]2[C@@H]1c1ccc([N+](=O)[O-])cc1. The van der Waals surface area contributed by atoms with Gasteiger partial charge in [0.05, 0.1) is 23.5 Å². The van der Waals surface area contributed by atoms with E-state index in [1.807, 2.05) is 0 Å². The smallest absolute Gasteiger partial charge is 0.315 e. The van der Waals surface area contributed by atoms with Crippen LogP contribution in [-0.2, 0) is 19.1 Å². The zero-order chi connectivity index (χ0) is 20.3. The third-order valence-electron chi connectivity index (χ3n) is 5.24. The number of nitro benzene ring substituents is 1. The van der Waals surface area contributed by atoms with Crippen LogP contribution in [0.2, 0.25) is 0 Å². The predicted molar refractivity (Wildman–Crippen MR) is 101 cm³/mol. The molecule has 0 spiro atoms. The molecule has 2 aliphatic rings. The minimum Gasteiger partial charge on any atom is -0.463 e. The predicted octanol–water partition coefficient (Wildman–Crippen LogP) is 2.47. The van der Waals surface area contributed by atoms with Gasteiger partial charge in [0.1, 0.15) is 12.5 Å². The number of carbonyl (C=O) groups is 2. The van der Waals surface area contributed by atoms with Crippen LogP contribution in [0, 0.1) is 22.0 Å². The molecule has 28 heavy (non-hydrogen) atoms. The Bertz CT molecular complexity index is 830. The number of carbonyl (C=O) groups excluding carboxylic acids is 2. The number of fused-ring (bicyclic) bond motifs is 1. The third-order valence-corrected chi connectivity index (χ3v) is 5.24. The van der Waals surface area contributed by atoms with Gasteiger partial charge in [-0.05, 0) is 25.0 Å². The topological polar surface area (TPSA) is 108 Å². The van der Waals surface area contributed by atoms with Gasteiger partial charge in [0.25, 0.3) is 5.69 Å². The molecule has 0 amide bonds. The van der Waals surface area contributed by atoms with Gasteiger partial charge < -0.3 is 9.47 Å². The number of hydrogen-bond acceptors (Lipinski definition) is 7. The van der Waals surface area contributed by atoms with E-state index < -0.39 is 28.6 Å². The summed E-state index contributed by atoms with van der Waals surface area (Å²) in [5, 5.41) is 11.0. The molecule has 0 N–H and O–H groups in total. The van der Waals surface area contributed by atoms with Crippen molar-refractivity contribution in [2.75, 3.05) is 20.3 Å². The molecule has 4 atom stereocenters. The lowest BCUT2D eigenvalue weighted by Gasteiger charge is -2.40. The van der Waals surface area contributed by atoms with Crippen LogP contribution in [0.3, 0.4) is 0 Å². The van der Waals surface area contributed by atoms with Crippen LogP contribution in [-0.4, -0.2) is 48.8 Å². The molecule has 0 fully saturated rings. The molecule has 1 aromatic rings. The summed E-state index contributed by atoms with van der Waals surface area (Å²) >= 11 is 0. The summed E-state index contributed by atoms with van der Waals surface area (Å²) < 4.78 is 10.3. The highest BCUT2D eigenvalue weighted by molar-refractivity contribution is 6.05. The van der Waals surface area contributed by atoms with Crippen LogP contribution >= 0.6 is 0 Å². The maximum absolute atomic E-state index is 12.8. The number of hydrogen-bond donors (Lipinski definition) is 0. The Morgan fingerprint density at radius 3 is 2.61 bits per heavy atom. The van der Waals surface area contributed by atoms with E-state index in [1.54, 1.807) is 25.1 Å². The van der Waals surface area contributed by atoms with E-state index in [4.69, 9.17) is 9.47 Å². The van der Waals surface area contributed by atoms with Gasteiger partial charge in [0.15, 0.2) is 5.78 Å². The van der Waals surface area contributed by atoms with Gasteiger partial charge in [-0.3, -0.25) is 24.7 Å². The van der Waals surface area contributed by atoms with E-state index in [1.165, 1.54) is 25.3 Å². The maximum Gasteiger partial charge on any atom is 0.315 e. The molecule has 8 nitrogen and oxygen atoms in total. The molecule has 148 valence electrons. The average molecular weight is 386 g/mol. The molecule has 1 aliphatic heterocycles. The van der Waals surface area contributed by atoms with Crippen molar-refractivity contribution in [2.45, 2.75) is 25.3 Å². The minimum absolute atomic E-state index is 0.0458. The highest BCUT2D eigenvalue weighted by Gasteiger charge is 2.48. The first kappa shape index (κ1) is 19.9. The zero-order valence-electron chi connectivity index (χ0n) is 15.7. The summed E-state index contributed by atoms with van der Waals surface area (Å²) in [6.45, 7) is 2.14. The van der Waals surface area contributed by atoms with Crippen LogP contribution in [0.5, 0.6) is 0 Å². The van der Waals surface area contributed by atoms with E-state index in [0.29, 0.717) is 17.7 Å². The van der Waals surface area contributed by atoms with Crippen molar-refractivity contribution in [3.05, 3.63) is 52.1 Å². The number of ketones is 1. The summed E-state index contributed by atoms with van der Waals surface area (Å²) in [7, 11) is 1.51. The van der Waals surface area contributed by atoms with Crippen LogP contribution in [0.15, 0.2) is 41.4 Å². The molecule has 0 bridgehead atoms. The van der Waals surface area contributed by atoms with Gasteiger partial charge in [0.2, 0.25) is 0 Å². The second-order valence-electron chi connectivity index (χ2n) is 6.92. The molecule has 3 rings (SSSR count). The Kier molecular flexibility index (Phi) is 5.99. The molecular weight excluding hydrogens is 364 g/mol. The Hall–Kier alpha value is -2.87. The average Bonchev–Trinajstić information content (AvgIpc) is 2.67. The number of ether oxygens (including phenoxy) is 2. The molecule has 1 aromatic carbocycles. The second kappa shape index (κ2) is 8.43. The fraction of sp³-hybridized carbons (Fsp3) is 0.450. The quantitative estimate of drug-likeness (QED) is 0.322. The van der Waals surface area contributed by atoms with E-state index >= 15 is 0 Å².